The van der Waals surface area contributed by atoms with Crippen molar-refractivity contribution in [3.05, 3.63) is 59.2 Å². The predicted molar refractivity (Wildman–Crippen MR) is 116 cm³/mol. The highest BCUT2D eigenvalue weighted by molar-refractivity contribution is 7.92. The highest BCUT2D eigenvalue weighted by Crippen LogP contribution is 2.23. The van der Waals surface area contributed by atoms with Gasteiger partial charge in [0, 0.05) is 5.56 Å². The highest BCUT2D eigenvalue weighted by Gasteiger charge is 2.29. The number of methoxy groups -OCH3 is 1. The van der Waals surface area contributed by atoms with Crippen LogP contribution >= 0.6 is 0 Å². The summed E-state index contributed by atoms with van der Waals surface area (Å²) in [6.45, 7) is 7.26. The first-order valence-corrected chi connectivity index (χ1v) is 10.9. The molecule has 8 heteroatoms. The van der Waals surface area contributed by atoms with Gasteiger partial charge in [-0.2, -0.15) is 5.10 Å². The van der Waals surface area contributed by atoms with Crippen LogP contribution in [0.15, 0.2) is 47.6 Å². The van der Waals surface area contributed by atoms with E-state index in [-0.39, 0.29) is 0 Å². The molecule has 0 saturated heterocycles. The van der Waals surface area contributed by atoms with E-state index in [1.807, 2.05) is 32.0 Å². The molecule has 0 radical (unpaired) electrons. The van der Waals surface area contributed by atoms with Gasteiger partial charge in [-0.05, 0) is 63.6 Å². The SMILES string of the molecule is COc1ccc(N([C@@H](C)C(=O)N/N=C(/C)c2cc(C)ccc2C)S(C)(=O)=O)cc1. The van der Waals surface area contributed by atoms with Gasteiger partial charge in [0.15, 0.2) is 0 Å². The van der Waals surface area contributed by atoms with Gasteiger partial charge in [-0.25, -0.2) is 13.8 Å². The van der Waals surface area contributed by atoms with Crippen LogP contribution in [0.3, 0.4) is 0 Å². The maximum Gasteiger partial charge on any atom is 0.263 e. The Balaban J connectivity index is 2.25. The fourth-order valence-corrected chi connectivity index (χ4v) is 4.13. The number of carbonyl (C=O) groups is 1. The lowest BCUT2D eigenvalue weighted by Gasteiger charge is -2.27. The number of amides is 1. The lowest BCUT2D eigenvalue weighted by Crippen LogP contribution is -2.46. The van der Waals surface area contributed by atoms with E-state index < -0.39 is 22.0 Å². The number of carbonyl (C=O) groups excluding carboxylic acids is 1. The predicted octanol–water partition coefficient (Wildman–Crippen LogP) is 3.01. The first-order valence-electron chi connectivity index (χ1n) is 9.10. The Morgan fingerprint density at radius 3 is 2.31 bits per heavy atom. The van der Waals surface area contributed by atoms with E-state index in [2.05, 4.69) is 10.5 Å². The Bertz CT molecular complexity index is 1010. The minimum atomic E-state index is -3.70. The molecule has 0 aliphatic heterocycles. The average Bonchev–Trinajstić information content (AvgIpc) is 2.67. The van der Waals surface area contributed by atoms with Gasteiger partial charge < -0.3 is 4.74 Å². The van der Waals surface area contributed by atoms with Gasteiger partial charge in [-0.1, -0.05) is 17.7 Å². The van der Waals surface area contributed by atoms with Crippen molar-refractivity contribution in [1.82, 2.24) is 5.43 Å². The average molecular weight is 418 g/mol. The summed E-state index contributed by atoms with van der Waals surface area (Å²) >= 11 is 0. The second kappa shape index (κ2) is 9.09. The third-order valence-corrected chi connectivity index (χ3v) is 5.77. The zero-order chi connectivity index (χ0) is 21.8. The molecule has 0 fully saturated rings. The molecule has 0 aliphatic carbocycles. The summed E-state index contributed by atoms with van der Waals surface area (Å²) in [5, 5.41) is 4.18. The van der Waals surface area contributed by atoms with Crippen molar-refractivity contribution in [2.24, 2.45) is 5.10 Å². The van der Waals surface area contributed by atoms with Crippen molar-refractivity contribution in [2.75, 3.05) is 17.7 Å². The molecule has 0 spiro atoms. The van der Waals surface area contributed by atoms with E-state index in [4.69, 9.17) is 4.74 Å². The van der Waals surface area contributed by atoms with Crippen molar-refractivity contribution in [3.8, 4) is 5.75 Å². The molecule has 1 amide bonds. The van der Waals surface area contributed by atoms with Crippen LogP contribution in [0, 0.1) is 13.8 Å². The largest absolute Gasteiger partial charge is 0.497 e. The number of hydrazone groups is 1. The normalized spacial score (nSPS) is 13.0. The van der Waals surface area contributed by atoms with Crippen LogP contribution in [0.2, 0.25) is 0 Å². The molecule has 7 nitrogen and oxygen atoms in total. The van der Waals surface area contributed by atoms with Crippen LogP contribution in [0.4, 0.5) is 5.69 Å². The van der Waals surface area contributed by atoms with Gasteiger partial charge in [0.05, 0.1) is 24.8 Å². The molecular formula is C21H27N3O4S. The van der Waals surface area contributed by atoms with Gasteiger partial charge in [0.2, 0.25) is 10.0 Å². The second-order valence-electron chi connectivity index (χ2n) is 6.92. The number of rotatable bonds is 7. The summed E-state index contributed by atoms with van der Waals surface area (Å²) in [4.78, 5) is 12.7. The van der Waals surface area contributed by atoms with Crippen molar-refractivity contribution < 1.29 is 17.9 Å². The lowest BCUT2D eigenvalue weighted by molar-refractivity contribution is -0.121. The number of sulfonamides is 1. The molecule has 156 valence electrons. The van der Waals surface area contributed by atoms with Crippen molar-refractivity contribution in [3.63, 3.8) is 0 Å². The number of hydrogen-bond donors (Lipinski definition) is 1. The molecule has 1 atom stereocenters. The minimum Gasteiger partial charge on any atom is -0.497 e. The summed E-state index contributed by atoms with van der Waals surface area (Å²) in [6.07, 6.45) is 1.06. The zero-order valence-corrected chi connectivity index (χ0v) is 18.4. The first kappa shape index (κ1) is 22.4. The molecule has 2 aromatic carbocycles. The van der Waals surface area contributed by atoms with E-state index in [1.165, 1.54) is 14.0 Å². The van der Waals surface area contributed by atoms with Crippen LogP contribution in [-0.2, 0) is 14.8 Å². The van der Waals surface area contributed by atoms with Gasteiger partial charge in [-0.15, -0.1) is 0 Å². The number of nitrogens with zero attached hydrogens (tertiary/aromatic N) is 2. The monoisotopic (exact) mass is 417 g/mol. The molecule has 0 unspecified atom stereocenters. The van der Waals surface area contributed by atoms with E-state index in [0.29, 0.717) is 17.1 Å². The standard InChI is InChI=1S/C21H27N3O4S/c1-14-7-8-15(2)20(13-14)16(3)22-23-21(25)17(4)24(29(6,26)27)18-9-11-19(28-5)12-10-18/h7-13,17H,1-6H3,(H,23,25)/b22-16-/t17-/m0/s1. The molecule has 0 bridgehead atoms. The maximum atomic E-state index is 12.7. The van der Waals surface area contributed by atoms with Crippen molar-refractivity contribution in [1.29, 1.82) is 0 Å². The Morgan fingerprint density at radius 1 is 1.14 bits per heavy atom. The summed E-state index contributed by atoms with van der Waals surface area (Å²) in [7, 11) is -2.18. The van der Waals surface area contributed by atoms with Gasteiger partial charge >= 0.3 is 0 Å². The quantitative estimate of drug-likeness (QED) is 0.554. The minimum absolute atomic E-state index is 0.367. The van der Waals surface area contributed by atoms with E-state index in [1.54, 1.807) is 31.2 Å². The number of nitrogens with one attached hydrogen (secondary N) is 1. The molecule has 0 heterocycles. The number of benzene rings is 2. The number of ether oxygens (including phenoxy) is 1. The fraction of sp³-hybridized carbons (Fsp3) is 0.333. The topological polar surface area (TPSA) is 88.1 Å². The molecular weight excluding hydrogens is 390 g/mol. The Hall–Kier alpha value is -2.87. The van der Waals surface area contributed by atoms with Crippen LogP contribution in [0.5, 0.6) is 5.75 Å². The van der Waals surface area contributed by atoms with Crippen LogP contribution in [0.1, 0.15) is 30.5 Å². The molecule has 0 aliphatic rings. The van der Waals surface area contributed by atoms with Gasteiger partial charge in [-0.3, -0.25) is 9.10 Å². The number of aryl methyl sites for hydroxylation is 2. The summed E-state index contributed by atoms with van der Waals surface area (Å²) < 4.78 is 30.9. The smallest absolute Gasteiger partial charge is 0.263 e. The summed E-state index contributed by atoms with van der Waals surface area (Å²) in [5.41, 5.74) is 6.55. The maximum absolute atomic E-state index is 12.7. The Morgan fingerprint density at radius 2 is 1.76 bits per heavy atom. The molecule has 2 rings (SSSR count). The van der Waals surface area contributed by atoms with E-state index in [9.17, 15) is 13.2 Å². The van der Waals surface area contributed by atoms with E-state index >= 15 is 0 Å². The molecule has 0 saturated carbocycles. The third kappa shape index (κ3) is 5.57. The Kier molecular flexibility index (Phi) is 7.02. The van der Waals surface area contributed by atoms with Crippen LogP contribution < -0.4 is 14.5 Å². The van der Waals surface area contributed by atoms with Crippen molar-refractivity contribution in [2.45, 2.75) is 33.7 Å². The van der Waals surface area contributed by atoms with Gasteiger partial charge in [0.25, 0.3) is 5.91 Å². The fourth-order valence-electron chi connectivity index (χ4n) is 2.96. The highest BCUT2D eigenvalue weighted by atomic mass is 32.2. The number of hydrogen-bond acceptors (Lipinski definition) is 5. The molecule has 1 N–H and O–H groups in total. The molecule has 0 aromatic heterocycles. The lowest BCUT2D eigenvalue weighted by atomic mass is 10.0. The zero-order valence-electron chi connectivity index (χ0n) is 17.6. The van der Waals surface area contributed by atoms with Gasteiger partial charge in [0.1, 0.15) is 11.8 Å². The van der Waals surface area contributed by atoms with Crippen LogP contribution in [0.25, 0.3) is 0 Å². The summed E-state index contributed by atoms with van der Waals surface area (Å²) in [6, 6.07) is 11.5. The third-order valence-electron chi connectivity index (χ3n) is 4.53. The van der Waals surface area contributed by atoms with Crippen LogP contribution in [-0.4, -0.2) is 39.4 Å². The molecule has 2 aromatic rings. The van der Waals surface area contributed by atoms with E-state index in [0.717, 1.165) is 27.3 Å². The summed E-state index contributed by atoms with van der Waals surface area (Å²) in [5.74, 6) is 0.0592. The molecule has 29 heavy (non-hydrogen) atoms. The Labute approximate surface area is 172 Å². The number of anilines is 1. The second-order valence-corrected chi connectivity index (χ2v) is 8.78. The first-order chi connectivity index (χ1) is 13.5. The van der Waals surface area contributed by atoms with Crippen molar-refractivity contribution >= 4 is 27.3 Å².